The molecule has 1 saturated carbocycles. The van der Waals surface area contributed by atoms with E-state index in [1.165, 1.54) is 12.8 Å². The van der Waals surface area contributed by atoms with Gasteiger partial charge in [0.1, 0.15) is 13.2 Å². The van der Waals surface area contributed by atoms with E-state index in [4.69, 9.17) is 14.2 Å². The molecule has 4 nitrogen and oxygen atoms in total. The van der Waals surface area contributed by atoms with E-state index < -0.39 is 0 Å². The van der Waals surface area contributed by atoms with Crippen LogP contribution in [0.25, 0.3) is 0 Å². The molecule has 1 aliphatic carbocycles. The largest absolute Gasteiger partial charge is 0.486 e. The lowest BCUT2D eigenvalue weighted by Crippen LogP contribution is -2.37. The maximum atomic E-state index is 5.61. The van der Waals surface area contributed by atoms with Gasteiger partial charge in [0.15, 0.2) is 11.5 Å². The zero-order valence-electron chi connectivity index (χ0n) is 11.4. The number of fused-ring (bicyclic) bond motifs is 1. The molecule has 2 atom stereocenters. The number of rotatable bonds is 3. The van der Waals surface area contributed by atoms with Crippen LogP contribution in [-0.2, 0) is 4.74 Å². The van der Waals surface area contributed by atoms with E-state index in [1.54, 1.807) is 7.11 Å². The highest BCUT2D eigenvalue weighted by Crippen LogP contribution is 2.33. The van der Waals surface area contributed by atoms with Crippen LogP contribution in [0.5, 0.6) is 11.5 Å². The van der Waals surface area contributed by atoms with Crippen molar-refractivity contribution in [2.75, 3.05) is 25.6 Å². The lowest BCUT2D eigenvalue weighted by atomic mass is 9.92. The van der Waals surface area contributed by atoms with Gasteiger partial charge in [0, 0.05) is 18.9 Å². The lowest BCUT2D eigenvalue weighted by Gasteiger charge is -2.32. The van der Waals surface area contributed by atoms with Gasteiger partial charge in [-0.1, -0.05) is 12.8 Å². The van der Waals surface area contributed by atoms with Crippen LogP contribution in [0.2, 0.25) is 0 Å². The number of nitrogens with one attached hydrogen (secondary N) is 1. The summed E-state index contributed by atoms with van der Waals surface area (Å²) >= 11 is 0. The summed E-state index contributed by atoms with van der Waals surface area (Å²) in [7, 11) is 1.80. The van der Waals surface area contributed by atoms with Crippen LogP contribution in [0.4, 0.5) is 5.69 Å². The Balaban J connectivity index is 1.71. The Bertz CT molecular complexity index is 435. The Morgan fingerprint density at radius 3 is 2.74 bits per heavy atom. The van der Waals surface area contributed by atoms with Crippen molar-refractivity contribution in [3.05, 3.63) is 18.2 Å². The van der Waals surface area contributed by atoms with Crippen molar-refractivity contribution in [2.24, 2.45) is 0 Å². The second-order valence-electron chi connectivity index (χ2n) is 5.17. The number of hydrogen-bond acceptors (Lipinski definition) is 4. The molecule has 1 fully saturated rings. The zero-order valence-corrected chi connectivity index (χ0v) is 11.4. The van der Waals surface area contributed by atoms with Crippen LogP contribution in [0, 0.1) is 0 Å². The third-order valence-electron chi connectivity index (χ3n) is 3.90. The summed E-state index contributed by atoms with van der Waals surface area (Å²) in [4.78, 5) is 0. The van der Waals surface area contributed by atoms with Gasteiger partial charge in [0.05, 0.1) is 12.1 Å². The first kappa shape index (κ1) is 12.6. The minimum atomic E-state index is 0.307. The fraction of sp³-hybridized carbons (Fsp3) is 0.600. The van der Waals surface area contributed by atoms with E-state index in [-0.39, 0.29) is 0 Å². The molecular weight excluding hydrogens is 242 g/mol. The van der Waals surface area contributed by atoms with Crippen molar-refractivity contribution in [3.63, 3.8) is 0 Å². The Morgan fingerprint density at radius 2 is 1.89 bits per heavy atom. The molecule has 1 aromatic carbocycles. The molecule has 104 valence electrons. The minimum Gasteiger partial charge on any atom is -0.486 e. The molecule has 4 heteroatoms. The number of anilines is 1. The molecule has 3 rings (SSSR count). The predicted molar refractivity (Wildman–Crippen MR) is 74.1 cm³/mol. The van der Waals surface area contributed by atoms with Gasteiger partial charge < -0.3 is 19.5 Å². The zero-order chi connectivity index (χ0) is 13.1. The van der Waals surface area contributed by atoms with Crippen molar-refractivity contribution in [3.8, 4) is 11.5 Å². The molecule has 0 radical (unpaired) electrons. The monoisotopic (exact) mass is 263 g/mol. The Labute approximate surface area is 114 Å². The maximum absolute atomic E-state index is 5.61. The summed E-state index contributed by atoms with van der Waals surface area (Å²) in [6, 6.07) is 6.44. The quantitative estimate of drug-likeness (QED) is 0.910. The van der Waals surface area contributed by atoms with Crippen LogP contribution in [0.1, 0.15) is 25.7 Å². The van der Waals surface area contributed by atoms with Gasteiger partial charge >= 0.3 is 0 Å². The number of benzene rings is 1. The highest BCUT2D eigenvalue weighted by atomic mass is 16.6. The molecule has 19 heavy (non-hydrogen) atoms. The molecule has 0 bridgehead atoms. The van der Waals surface area contributed by atoms with Crippen LogP contribution >= 0.6 is 0 Å². The molecule has 0 spiro atoms. The summed E-state index contributed by atoms with van der Waals surface area (Å²) in [5.74, 6) is 1.67. The average Bonchev–Trinajstić information content (AvgIpc) is 2.48. The maximum Gasteiger partial charge on any atom is 0.163 e. The fourth-order valence-corrected chi connectivity index (χ4v) is 2.89. The van der Waals surface area contributed by atoms with Crippen LogP contribution in [0.3, 0.4) is 0 Å². The number of methoxy groups -OCH3 is 1. The van der Waals surface area contributed by atoms with Gasteiger partial charge in [0.25, 0.3) is 0 Å². The third-order valence-corrected chi connectivity index (χ3v) is 3.90. The molecular formula is C15H21NO3. The average molecular weight is 263 g/mol. The Hall–Kier alpha value is -1.42. The van der Waals surface area contributed by atoms with Gasteiger partial charge in [0.2, 0.25) is 0 Å². The second-order valence-corrected chi connectivity index (χ2v) is 5.17. The third kappa shape index (κ3) is 2.78. The van der Waals surface area contributed by atoms with E-state index in [9.17, 15) is 0 Å². The predicted octanol–water partition coefficient (Wildman–Crippen LogP) is 2.83. The van der Waals surface area contributed by atoms with Crippen molar-refractivity contribution in [1.29, 1.82) is 0 Å². The summed E-state index contributed by atoms with van der Waals surface area (Å²) in [5, 5.41) is 3.57. The van der Waals surface area contributed by atoms with Gasteiger partial charge in [-0.3, -0.25) is 0 Å². The molecule has 2 unspecified atom stereocenters. The van der Waals surface area contributed by atoms with Crippen molar-refractivity contribution < 1.29 is 14.2 Å². The fourth-order valence-electron chi connectivity index (χ4n) is 2.89. The van der Waals surface area contributed by atoms with E-state index in [0.717, 1.165) is 30.0 Å². The molecule has 1 heterocycles. The Morgan fingerprint density at radius 1 is 1.11 bits per heavy atom. The van der Waals surface area contributed by atoms with Crippen molar-refractivity contribution in [2.45, 2.75) is 37.8 Å². The normalized spacial score (nSPS) is 25.9. The lowest BCUT2D eigenvalue weighted by molar-refractivity contribution is 0.0606. The molecule has 1 aliphatic heterocycles. The Kier molecular flexibility index (Phi) is 3.78. The first-order valence-electron chi connectivity index (χ1n) is 7.06. The molecule has 0 amide bonds. The van der Waals surface area contributed by atoms with Crippen molar-refractivity contribution >= 4 is 5.69 Å². The van der Waals surface area contributed by atoms with Gasteiger partial charge in [-0.05, 0) is 25.0 Å². The van der Waals surface area contributed by atoms with E-state index in [0.29, 0.717) is 25.4 Å². The first-order chi connectivity index (χ1) is 9.36. The van der Waals surface area contributed by atoms with Gasteiger partial charge in [-0.25, -0.2) is 0 Å². The molecule has 1 aromatic rings. The highest BCUT2D eigenvalue weighted by molar-refractivity contribution is 5.55. The molecule has 1 N–H and O–H groups in total. The standard InChI is InChI=1S/C15H21NO3/c1-17-13-5-3-2-4-12(13)16-11-6-7-14-15(10-11)19-9-8-18-14/h6-7,10,12-13,16H,2-5,8-9H2,1H3. The van der Waals surface area contributed by atoms with E-state index in [1.807, 2.05) is 12.1 Å². The van der Waals surface area contributed by atoms with Crippen molar-refractivity contribution in [1.82, 2.24) is 0 Å². The highest BCUT2D eigenvalue weighted by Gasteiger charge is 2.25. The summed E-state index contributed by atoms with van der Waals surface area (Å²) in [6.07, 6.45) is 5.13. The minimum absolute atomic E-state index is 0.307. The smallest absolute Gasteiger partial charge is 0.163 e. The second kappa shape index (κ2) is 5.70. The van der Waals surface area contributed by atoms with Crippen LogP contribution in [-0.4, -0.2) is 32.5 Å². The molecule has 0 aromatic heterocycles. The summed E-state index contributed by atoms with van der Waals surface area (Å²) in [6.45, 7) is 1.26. The first-order valence-corrected chi connectivity index (χ1v) is 7.06. The summed E-state index contributed by atoms with van der Waals surface area (Å²) in [5.41, 5.74) is 1.08. The summed E-state index contributed by atoms with van der Waals surface area (Å²) < 4.78 is 16.7. The number of hydrogen-bond donors (Lipinski definition) is 1. The van der Waals surface area contributed by atoms with Gasteiger partial charge in [-0.2, -0.15) is 0 Å². The SMILES string of the molecule is COC1CCCCC1Nc1ccc2c(c1)OCCO2. The molecule has 0 saturated heterocycles. The van der Waals surface area contributed by atoms with Crippen LogP contribution in [0.15, 0.2) is 18.2 Å². The van der Waals surface area contributed by atoms with E-state index in [2.05, 4.69) is 11.4 Å². The number of ether oxygens (including phenoxy) is 3. The molecule has 2 aliphatic rings. The van der Waals surface area contributed by atoms with E-state index >= 15 is 0 Å². The van der Waals surface area contributed by atoms with Gasteiger partial charge in [-0.15, -0.1) is 0 Å². The topological polar surface area (TPSA) is 39.7 Å². The van der Waals surface area contributed by atoms with Crippen LogP contribution < -0.4 is 14.8 Å².